The molecule has 0 heterocycles. The highest BCUT2D eigenvalue weighted by Crippen LogP contribution is 2.39. The average molecular weight is 419 g/mol. The molecule has 0 saturated heterocycles. The zero-order chi connectivity index (χ0) is 18.6. The summed E-state index contributed by atoms with van der Waals surface area (Å²) in [5.74, 6) is 1.84. The van der Waals surface area contributed by atoms with Crippen LogP contribution >= 0.6 is 21.6 Å². The van der Waals surface area contributed by atoms with E-state index in [9.17, 15) is 0 Å². The molecular weight excluding hydrogens is 384 g/mol. The standard InChI is InChI=1S/C14H34O6S2Si2/c1-9-13(23(15-3,16-4)17-5)11-21-22-12-14(10-2)24(18-6,19-7)20-8/h13-14H,9-12H2,1-8H3. The zero-order valence-electron chi connectivity index (χ0n) is 16.2. The number of hydrogen-bond acceptors (Lipinski definition) is 8. The molecule has 0 aromatic carbocycles. The summed E-state index contributed by atoms with van der Waals surface area (Å²) in [6, 6.07) is 0. The van der Waals surface area contributed by atoms with Crippen LogP contribution in [-0.4, -0.2) is 71.8 Å². The van der Waals surface area contributed by atoms with Crippen LogP contribution in [-0.2, 0) is 26.6 Å². The fraction of sp³-hybridized carbons (Fsp3) is 1.00. The molecule has 0 amide bonds. The molecule has 6 nitrogen and oxygen atoms in total. The molecule has 0 radical (unpaired) electrons. The van der Waals surface area contributed by atoms with Crippen LogP contribution < -0.4 is 0 Å². The van der Waals surface area contributed by atoms with Crippen molar-refractivity contribution in [1.82, 2.24) is 0 Å². The van der Waals surface area contributed by atoms with E-state index in [1.807, 2.05) is 21.6 Å². The molecule has 0 saturated carbocycles. The Morgan fingerprint density at radius 3 is 1.00 bits per heavy atom. The van der Waals surface area contributed by atoms with Crippen molar-refractivity contribution in [1.29, 1.82) is 0 Å². The molecule has 0 aliphatic rings. The van der Waals surface area contributed by atoms with Gasteiger partial charge in [-0.3, -0.25) is 0 Å². The molecule has 0 spiro atoms. The second-order valence-corrected chi connectivity index (χ2v) is 14.3. The molecule has 0 aliphatic heterocycles. The summed E-state index contributed by atoms with van der Waals surface area (Å²) in [4.78, 5) is 0. The Labute approximate surface area is 157 Å². The molecule has 0 aromatic rings. The Kier molecular flexibility index (Phi) is 13.6. The van der Waals surface area contributed by atoms with Crippen molar-refractivity contribution in [3.63, 3.8) is 0 Å². The molecule has 0 aliphatic carbocycles. The van der Waals surface area contributed by atoms with E-state index in [4.69, 9.17) is 26.6 Å². The molecule has 2 unspecified atom stereocenters. The summed E-state index contributed by atoms with van der Waals surface area (Å²) in [6.45, 7) is 4.28. The highest BCUT2D eigenvalue weighted by atomic mass is 33.1. The Morgan fingerprint density at radius 1 is 0.583 bits per heavy atom. The first kappa shape index (κ1) is 24.9. The van der Waals surface area contributed by atoms with Crippen molar-refractivity contribution in [2.45, 2.75) is 37.8 Å². The van der Waals surface area contributed by atoms with Crippen molar-refractivity contribution in [2.24, 2.45) is 0 Å². The highest BCUT2D eigenvalue weighted by Gasteiger charge is 2.47. The van der Waals surface area contributed by atoms with Gasteiger partial charge in [0, 0.05) is 65.2 Å². The van der Waals surface area contributed by atoms with Gasteiger partial charge >= 0.3 is 17.6 Å². The third kappa shape index (κ3) is 6.25. The Bertz CT molecular complexity index is 273. The van der Waals surface area contributed by atoms with E-state index >= 15 is 0 Å². The molecule has 0 N–H and O–H groups in total. The lowest BCUT2D eigenvalue weighted by atomic mass is 10.4. The largest absolute Gasteiger partial charge is 0.504 e. The average Bonchev–Trinajstić information content (AvgIpc) is 2.64. The van der Waals surface area contributed by atoms with Gasteiger partial charge in [0.05, 0.1) is 0 Å². The highest BCUT2D eigenvalue weighted by molar-refractivity contribution is 8.76. The zero-order valence-corrected chi connectivity index (χ0v) is 19.9. The maximum atomic E-state index is 5.61. The van der Waals surface area contributed by atoms with Gasteiger partial charge in [0.25, 0.3) is 0 Å². The second kappa shape index (κ2) is 13.1. The summed E-state index contributed by atoms with van der Waals surface area (Å²) in [7, 11) is 8.47. The van der Waals surface area contributed by atoms with Gasteiger partial charge in [-0.05, 0) is 12.8 Å². The van der Waals surface area contributed by atoms with Crippen LogP contribution in [0.25, 0.3) is 0 Å². The molecule has 0 rings (SSSR count). The molecular formula is C14H34O6S2Si2. The predicted molar refractivity (Wildman–Crippen MR) is 107 cm³/mol. The van der Waals surface area contributed by atoms with Crippen molar-refractivity contribution in [2.75, 3.05) is 54.2 Å². The molecule has 146 valence electrons. The lowest BCUT2D eigenvalue weighted by Crippen LogP contribution is -2.48. The van der Waals surface area contributed by atoms with Gasteiger partial charge in [-0.1, -0.05) is 35.4 Å². The summed E-state index contributed by atoms with van der Waals surface area (Å²) in [5.41, 5.74) is 0.536. The molecule has 2 atom stereocenters. The van der Waals surface area contributed by atoms with Crippen molar-refractivity contribution in [3.8, 4) is 0 Å². The first-order valence-electron chi connectivity index (χ1n) is 8.04. The van der Waals surface area contributed by atoms with Gasteiger partial charge in [0.15, 0.2) is 0 Å². The summed E-state index contributed by atoms with van der Waals surface area (Å²) < 4.78 is 33.7. The maximum absolute atomic E-state index is 5.61. The van der Waals surface area contributed by atoms with Gasteiger partial charge in [-0.25, -0.2) is 0 Å². The summed E-state index contributed by atoms with van der Waals surface area (Å²) in [6.07, 6.45) is 1.92. The van der Waals surface area contributed by atoms with E-state index in [1.165, 1.54) is 0 Å². The van der Waals surface area contributed by atoms with Crippen molar-refractivity contribution < 1.29 is 26.6 Å². The minimum atomic E-state index is -2.59. The van der Waals surface area contributed by atoms with E-state index in [2.05, 4.69) is 13.8 Å². The van der Waals surface area contributed by atoms with Crippen LogP contribution in [0.1, 0.15) is 26.7 Å². The Morgan fingerprint density at radius 2 is 0.833 bits per heavy atom. The minimum Gasteiger partial charge on any atom is -0.377 e. The Balaban J connectivity index is 4.63. The maximum Gasteiger partial charge on any atom is 0.504 e. The van der Waals surface area contributed by atoms with Crippen LogP contribution in [0.5, 0.6) is 0 Å². The van der Waals surface area contributed by atoms with Gasteiger partial charge < -0.3 is 26.6 Å². The van der Waals surface area contributed by atoms with E-state index in [-0.39, 0.29) is 11.1 Å². The normalized spacial score (nSPS) is 15.5. The van der Waals surface area contributed by atoms with Gasteiger partial charge in [0.1, 0.15) is 0 Å². The second-order valence-electron chi connectivity index (χ2n) is 5.21. The summed E-state index contributed by atoms with van der Waals surface area (Å²) >= 11 is 0. The van der Waals surface area contributed by atoms with Crippen molar-refractivity contribution in [3.05, 3.63) is 0 Å². The summed E-state index contributed by atoms with van der Waals surface area (Å²) in [5, 5.41) is 0. The third-order valence-corrected chi connectivity index (χ3v) is 14.1. The minimum absolute atomic E-state index is 0.268. The monoisotopic (exact) mass is 418 g/mol. The third-order valence-electron chi connectivity index (χ3n) is 4.31. The topological polar surface area (TPSA) is 55.4 Å². The fourth-order valence-electron chi connectivity index (χ4n) is 2.70. The lowest BCUT2D eigenvalue weighted by molar-refractivity contribution is 0.112. The van der Waals surface area contributed by atoms with E-state index in [0.717, 1.165) is 24.3 Å². The van der Waals surface area contributed by atoms with Crippen molar-refractivity contribution >= 4 is 39.2 Å². The van der Waals surface area contributed by atoms with Crippen LogP contribution in [0.4, 0.5) is 0 Å². The first-order valence-corrected chi connectivity index (χ1v) is 14.1. The van der Waals surface area contributed by atoms with E-state index in [1.54, 1.807) is 42.7 Å². The van der Waals surface area contributed by atoms with E-state index in [0.29, 0.717) is 0 Å². The van der Waals surface area contributed by atoms with Gasteiger partial charge in [0.2, 0.25) is 0 Å². The molecule has 24 heavy (non-hydrogen) atoms. The predicted octanol–water partition coefficient (Wildman–Crippen LogP) is 3.68. The molecule has 0 bridgehead atoms. The van der Waals surface area contributed by atoms with Crippen LogP contribution in [0, 0.1) is 0 Å². The van der Waals surface area contributed by atoms with E-state index < -0.39 is 17.6 Å². The molecule has 0 fully saturated rings. The van der Waals surface area contributed by atoms with Gasteiger partial charge in [-0.2, -0.15) is 0 Å². The fourth-order valence-corrected chi connectivity index (χ4v) is 12.1. The van der Waals surface area contributed by atoms with Crippen LogP contribution in [0.15, 0.2) is 0 Å². The van der Waals surface area contributed by atoms with Crippen LogP contribution in [0.3, 0.4) is 0 Å². The quantitative estimate of drug-likeness (QED) is 0.227. The van der Waals surface area contributed by atoms with Gasteiger partial charge in [-0.15, -0.1) is 0 Å². The Hall–Kier alpha value is 0.894. The number of rotatable bonds is 15. The number of hydrogen-bond donors (Lipinski definition) is 0. The lowest BCUT2D eigenvalue weighted by Gasteiger charge is -2.32. The smallest absolute Gasteiger partial charge is 0.377 e. The molecule has 10 heteroatoms. The first-order chi connectivity index (χ1) is 11.5. The van der Waals surface area contributed by atoms with Crippen LogP contribution in [0.2, 0.25) is 11.1 Å². The SMILES string of the molecule is CCC(CSSCC(CC)[Si](OC)(OC)OC)[Si](OC)(OC)OC. The molecule has 0 aromatic heterocycles.